The molecule has 8 heteroatoms. The summed E-state index contributed by atoms with van der Waals surface area (Å²) in [4.78, 5) is 12.8. The largest absolute Gasteiger partial charge is 0.391 e. The predicted molar refractivity (Wildman–Crippen MR) is 188 cm³/mol. The van der Waals surface area contributed by atoms with Crippen molar-refractivity contribution in [1.82, 2.24) is 5.32 Å². The summed E-state index contributed by atoms with van der Waals surface area (Å²) >= 11 is 0. The summed E-state index contributed by atoms with van der Waals surface area (Å²) in [6.07, 6.45) is 24.3. The third-order valence-corrected chi connectivity index (χ3v) is 9.59. The maximum atomic E-state index is 12.8. The van der Waals surface area contributed by atoms with E-state index >= 15 is 0 Å². The van der Waals surface area contributed by atoms with E-state index in [-0.39, 0.29) is 12.5 Å². The van der Waals surface area contributed by atoms with Gasteiger partial charge >= 0.3 is 0 Å². The number of unbranched alkanes of at least 4 members (excludes halogenated alkanes) is 22. The molecular weight excluding hydrogens is 582 g/mol. The second kappa shape index (κ2) is 29.2. The molecule has 0 bridgehead atoms. The van der Waals surface area contributed by atoms with Gasteiger partial charge in [0.15, 0.2) is 6.29 Å². The monoisotopic (exact) mass is 658 g/mol. The smallest absolute Gasteiger partial charge is 0.220 e. The summed E-state index contributed by atoms with van der Waals surface area (Å²) in [6.45, 7) is 5.94. The van der Waals surface area contributed by atoms with Crippen molar-refractivity contribution in [3.05, 3.63) is 0 Å². The predicted octanol–water partition coefficient (Wildman–Crippen LogP) is 7.86. The van der Waals surface area contributed by atoms with Crippen molar-refractivity contribution in [1.29, 1.82) is 0 Å². The zero-order chi connectivity index (χ0) is 33.8. The second-order valence-corrected chi connectivity index (χ2v) is 14.1. The molecule has 1 saturated heterocycles. The first-order valence-electron chi connectivity index (χ1n) is 19.6. The Balaban J connectivity index is 2.36. The third-order valence-electron chi connectivity index (χ3n) is 9.59. The van der Waals surface area contributed by atoms with Crippen LogP contribution in [0.25, 0.3) is 0 Å². The average molecular weight is 658 g/mol. The van der Waals surface area contributed by atoms with Gasteiger partial charge in [-0.05, 0) is 19.8 Å². The Bertz CT molecular complexity index is 694. The highest BCUT2D eigenvalue weighted by Gasteiger charge is 2.45. The topological polar surface area (TPSA) is 128 Å². The number of carbonyl (C=O) groups excluding carboxylic acids is 1. The SMILES string of the molecule is CCCCCCCCCCCCCCC[C@@H](O)[C@@H](CO[C@H]1O[C@@H]([C@@H](C)O)[C@H](O)[C@H]1O)NC(=O)CCCCCCCCCCCCC. The number of aliphatic hydroxyl groups excluding tert-OH is 4. The van der Waals surface area contributed by atoms with Crippen molar-refractivity contribution in [2.45, 2.75) is 231 Å². The molecule has 0 spiro atoms. The van der Waals surface area contributed by atoms with Gasteiger partial charge in [0.25, 0.3) is 0 Å². The Morgan fingerprint density at radius 2 is 1.07 bits per heavy atom. The second-order valence-electron chi connectivity index (χ2n) is 14.1. The summed E-state index contributed by atoms with van der Waals surface area (Å²) in [5.74, 6) is -0.108. The summed E-state index contributed by atoms with van der Waals surface area (Å²) in [5, 5.41) is 44.4. The Morgan fingerprint density at radius 3 is 1.48 bits per heavy atom. The maximum absolute atomic E-state index is 12.8. The van der Waals surface area contributed by atoms with Gasteiger partial charge < -0.3 is 35.2 Å². The fourth-order valence-corrected chi connectivity index (χ4v) is 6.46. The summed E-state index contributed by atoms with van der Waals surface area (Å²) in [7, 11) is 0. The first-order valence-corrected chi connectivity index (χ1v) is 19.6. The highest BCUT2D eigenvalue weighted by Crippen LogP contribution is 2.25. The van der Waals surface area contributed by atoms with E-state index < -0.39 is 42.9 Å². The molecule has 0 aliphatic carbocycles. The van der Waals surface area contributed by atoms with Gasteiger partial charge in [0, 0.05) is 6.42 Å². The Kier molecular flexibility index (Phi) is 27.4. The van der Waals surface area contributed by atoms with E-state index in [0.717, 1.165) is 38.5 Å². The molecule has 0 aromatic heterocycles. The van der Waals surface area contributed by atoms with Gasteiger partial charge in [0.05, 0.1) is 24.9 Å². The van der Waals surface area contributed by atoms with Gasteiger partial charge in [-0.2, -0.15) is 0 Å². The van der Waals surface area contributed by atoms with Crippen LogP contribution in [0.1, 0.15) is 188 Å². The Morgan fingerprint density at radius 1 is 0.652 bits per heavy atom. The van der Waals surface area contributed by atoms with Crippen LogP contribution in [0.2, 0.25) is 0 Å². The normalized spacial score (nSPS) is 21.8. The fourth-order valence-electron chi connectivity index (χ4n) is 6.46. The zero-order valence-electron chi connectivity index (χ0n) is 30.1. The van der Waals surface area contributed by atoms with Crippen LogP contribution in [-0.2, 0) is 14.3 Å². The van der Waals surface area contributed by atoms with Crippen LogP contribution in [0.5, 0.6) is 0 Å². The molecule has 0 saturated carbocycles. The summed E-state index contributed by atoms with van der Waals surface area (Å²) in [6, 6.07) is -0.643. The molecule has 5 N–H and O–H groups in total. The highest BCUT2D eigenvalue weighted by atomic mass is 16.7. The first kappa shape index (κ1) is 43.3. The summed E-state index contributed by atoms with van der Waals surface area (Å²) < 4.78 is 11.3. The van der Waals surface area contributed by atoms with Crippen molar-refractivity contribution >= 4 is 5.91 Å². The molecule has 8 nitrogen and oxygen atoms in total. The van der Waals surface area contributed by atoms with Gasteiger partial charge in [0.2, 0.25) is 5.91 Å². The van der Waals surface area contributed by atoms with Gasteiger partial charge in [-0.3, -0.25) is 4.79 Å². The molecule has 0 radical (unpaired) electrons. The van der Waals surface area contributed by atoms with Crippen molar-refractivity contribution in [3.63, 3.8) is 0 Å². The van der Waals surface area contributed by atoms with Crippen LogP contribution in [0.4, 0.5) is 0 Å². The molecule has 7 atom stereocenters. The fraction of sp³-hybridized carbons (Fsp3) is 0.974. The molecule has 0 aromatic carbocycles. The van der Waals surface area contributed by atoms with Crippen LogP contribution in [0, 0.1) is 0 Å². The number of hydrogen-bond acceptors (Lipinski definition) is 7. The molecule has 1 aliphatic rings. The molecular formula is C38H75NO7. The third kappa shape index (κ3) is 21.3. The quantitative estimate of drug-likeness (QED) is 0.0466. The minimum Gasteiger partial charge on any atom is -0.391 e. The van der Waals surface area contributed by atoms with Crippen molar-refractivity contribution in [2.75, 3.05) is 6.61 Å². The van der Waals surface area contributed by atoms with Crippen LogP contribution in [0.15, 0.2) is 0 Å². The molecule has 0 unspecified atom stereocenters. The van der Waals surface area contributed by atoms with Crippen molar-refractivity contribution < 1.29 is 34.7 Å². The molecule has 1 fully saturated rings. The molecule has 274 valence electrons. The first-order chi connectivity index (χ1) is 22.3. The highest BCUT2D eigenvalue weighted by molar-refractivity contribution is 5.76. The maximum Gasteiger partial charge on any atom is 0.220 e. The van der Waals surface area contributed by atoms with Gasteiger partial charge in [0.1, 0.15) is 18.3 Å². The molecule has 1 amide bonds. The zero-order valence-corrected chi connectivity index (χ0v) is 30.1. The van der Waals surface area contributed by atoms with E-state index in [9.17, 15) is 25.2 Å². The van der Waals surface area contributed by atoms with E-state index in [1.165, 1.54) is 122 Å². The molecule has 1 aliphatic heterocycles. The van der Waals surface area contributed by atoms with E-state index in [1.54, 1.807) is 0 Å². The number of nitrogens with one attached hydrogen (secondary N) is 1. The molecule has 0 aromatic rings. The lowest BCUT2D eigenvalue weighted by Gasteiger charge is -2.26. The number of aliphatic hydroxyl groups is 4. The van der Waals surface area contributed by atoms with E-state index in [2.05, 4.69) is 19.2 Å². The lowest BCUT2D eigenvalue weighted by Crippen LogP contribution is -2.48. The number of carbonyl (C=O) groups is 1. The molecule has 46 heavy (non-hydrogen) atoms. The Hall–Kier alpha value is -0.770. The standard InChI is InChI=1S/C38H75NO7/c1-4-6-8-10-12-14-16-17-19-20-22-24-26-28-33(41)32(30-45-38-36(44)35(43)37(46-38)31(3)40)39-34(42)29-27-25-23-21-18-15-13-11-9-7-5-2/h31-33,35-38,40-41,43-44H,4-30H2,1-3H3,(H,39,42)/t31-,32-,33-,35-,36-,37+,38+/m1/s1. The van der Waals surface area contributed by atoms with Crippen molar-refractivity contribution in [2.24, 2.45) is 0 Å². The van der Waals surface area contributed by atoms with Gasteiger partial charge in [-0.25, -0.2) is 0 Å². The number of hydrogen-bond donors (Lipinski definition) is 5. The van der Waals surface area contributed by atoms with Gasteiger partial charge in [-0.15, -0.1) is 0 Å². The van der Waals surface area contributed by atoms with Crippen LogP contribution >= 0.6 is 0 Å². The minimum atomic E-state index is -1.31. The van der Waals surface area contributed by atoms with E-state index in [1.807, 2.05) is 0 Å². The van der Waals surface area contributed by atoms with Gasteiger partial charge in [-0.1, -0.05) is 162 Å². The van der Waals surface area contributed by atoms with E-state index in [0.29, 0.717) is 12.8 Å². The minimum absolute atomic E-state index is 0.0510. The van der Waals surface area contributed by atoms with Crippen LogP contribution < -0.4 is 5.32 Å². The molecule has 1 heterocycles. The van der Waals surface area contributed by atoms with E-state index in [4.69, 9.17) is 9.47 Å². The van der Waals surface area contributed by atoms with Crippen LogP contribution in [-0.4, -0.2) is 75.8 Å². The lowest BCUT2D eigenvalue weighted by molar-refractivity contribution is -0.183. The number of amides is 1. The Labute approximate surface area is 282 Å². The van der Waals surface area contributed by atoms with Crippen LogP contribution in [0.3, 0.4) is 0 Å². The van der Waals surface area contributed by atoms with Crippen molar-refractivity contribution in [3.8, 4) is 0 Å². The number of ether oxygens (including phenoxy) is 2. The summed E-state index contributed by atoms with van der Waals surface area (Å²) in [5.41, 5.74) is 0. The molecule has 1 rings (SSSR count). The lowest BCUT2D eigenvalue weighted by atomic mass is 10.0. The number of rotatable bonds is 32. The average Bonchev–Trinajstić information content (AvgIpc) is 3.33.